The summed E-state index contributed by atoms with van der Waals surface area (Å²) in [5.74, 6) is -0.775. The topological polar surface area (TPSA) is 98.5 Å². The lowest BCUT2D eigenvalue weighted by atomic mass is 10.0. The minimum absolute atomic E-state index is 0.00896. The van der Waals surface area contributed by atoms with E-state index in [0.717, 1.165) is 5.56 Å². The van der Waals surface area contributed by atoms with Gasteiger partial charge < -0.3 is 10.1 Å². The van der Waals surface area contributed by atoms with Crippen molar-refractivity contribution in [2.45, 2.75) is 19.1 Å². The molecule has 152 valence electrons. The second-order valence-electron chi connectivity index (χ2n) is 6.59. The highest BCUT2D eigenvalue weighted by molar-refractivity contribution is 5.94. The van der Waals surface area contributed by atoms with Gasteiger partial charge in [0.2, 0.25) is 0 Å². The van der Waals surface area contributed by atoms with Crippen molar-refractivity contribution in [2.75, 3.05) is 0 Å². The Labute approximate surface area is 173 Å². The maximum atomic E-state index is 12.6. The monoisotopic (exact) mass is 404 g/mol. The van der Waals surface area contributed by atoms with Crippen molar-refractivity contribution >= 4 is 17.6 Å². The minimum atomic E-state index is -0.553. The second-order valence-corrected chi connectivity index (χ2v) is 6.59. The zero-order chi connectivity index (χ0) is 21.3. The number of nitro benzene ring substituents is 1. The van der Waals surface area contributed by atoms with Gasteiger partial charge in [0, 0.05) is 17.7 Å². The summed E-state index contributed by atoms with van der Waals surface area (Å²) in [6, 6.07) is 23.2. The van der Waals surface area contributed by atoms with Crippen molar-refractivity contribution in [2.24, 2.45) is 0 Å². The smallest absolute Gasteiger partial charge is 0.308 e. The van der Waals surface area contributed by atoms with E-state index in [-0.39, 0.29) is 24.6 Å². The molecule has 0 aliphatic carbocycles. The number of amides is 1. The summed E-state index contributed by atoms with van der Waals surface area (Å²) in [4.78, 5) is 35.2. The first-order valence-electron chi connectivity index (χ1n) is 9.33. The minimum Gasteiger partial charge on any atom is -0.461 e. The first kappa shape index (κ1) is 20.7. The third-order valence-corrected chi connectivity index (χ3v) is 4.46. The van der Waals surface area contributed by atoms with Crippen molar-refractivity contribution in [3.05, 3.63) is 112 Å². The van der Waals surface area contributed by atoms with Gasteiger partial charge in [0.1, 0.15) is 6.61 Å². The molecule has 7 heteroatoms. The van der Waals surface area contributed by atoms with Gasteiger partial charge in [-0.2, -0.15) is 0 Å². The van der Waals surface area contributed by atoms with Gasteiger partial charge in [-0.15, -0.1) is 0 Å². The summed E-state index contributed by atoms with van der Waals surface area (Å²) < 4.78 is 5.31. The Morgan fingerprint density at radius 1 is 0.900 bits per heavy atom. The predicted octanol–water partition coefficient (Wildman–Crippen LogP) is 4.20. The van der Waals surface area contributed by atoms with Gasteiger partial charge in [-0.25, -0.2) is 0 Å². The van der Waals surface area contributed by atoms with Crippen LogP contribution in [0.25, 0.3) is 0 Å². The van der Waals surface area contributed by atoms with Crippen LogP contribution in [0, 0.1) is 10.1 Å². The van der Waals surface area contributed by atoms with Crippen LogP contribution in [0.2, 0.25) is 0 Å². The Hall–Kier alpha value is -4.00. The van der Waals surface area contributed by atoms with E-state index in [9.17, 15) is 19.7 Å². The zero-order valence-corrected chi connectivity index (χ0v) is 16.1. The lowest BCUT2D eigenvalue weighted by molar-refractivity contribution is -0.384. The lowest BCUT2D eigenvalue weighted by Crippen LogP contribution is -2.30. The molecule has 0 heterocycles. The van der Waals surface area contributed by atoms with Crippen LogP contribution in [0.3, 0.4) is 0 Å². The van der Waals surface area contributed by atoms with Crippen molar-refractivity contribution < 1.29 is 19.2 Å². The van der Waals surface area contributed by atoms with Gasteiger partial charge in [-0.3, -0.25) is 19.7 Å². The summed E-state index contributed by atoms with van der Waals surface area (Å²) >= 11 is 0. The molecule has 1 atom stereocenters. The van der Waals surface area contributed by atoms with Crippen LogP contribution in [-0.4, -0.2) is 16.8 Å². The Bertz CT molecular complexity index is 1000. The Morgan fingerprint density at radius 3 is 2.10 bits per heavy atom. The number of non-ortho nitro benzene ring substituents is 1. The molecule has 0 aromatic heterocycles. The SMILES string of the molecule is O=C(C[C@@H](NC(=O)c1ccccc1)c1ccccc1)OCc1ccc([N+](=O)[O-])cc1. The van der Waals surface area contributed by atoms with Crippen LogP contribution < -0.4 is 5.32 Å². The quantitative estimate of drug-likeness (QED) is 0.345. The molecule has 30 heavy (non-hydrogen) atoms. The van der Waals surface area contributed by atoms with Gasteiger partial charge in [-0.05, 0) is 35.4 Å². The van der Waals surface area contributed by atoms with Gasteiger partial charge in [0.05, 0.1) is 17.4 Å². The molecule has 3 aromatic rings. The number of ether oxygens (including phenoxy) is 1. The van der Waals surface area contributed by atoms with Crippen molar-refractivity contribution in [3.8, 4) is 0 Å². The molecular formula is C23H20N2O5. The standard InChI is InChI=1S/C23H20N2O5/c26-22(30-16-17-11-13-20(14-12-17)25(28)29)15-21(18-7-3-1-4-8-18)24-23(27)19-9-5-2-6-10-19/h1-14,21H,15-16H2,(H,24,27)/t21-/m1/s1. The van der Waals surface area contributed by atoms with E-state index < -0.39 is 16.9 Å². The van der Waals surface area contributed by atoms with Crippen LogP contribution in [0.15, 0.2) is 84.9 Å². The van der Waals surface area contributed by atoms with Crippen LogP contribution in [0.5, 0.6) is 0 Å². The number of nitrogens with one attached hydrogen (secondary N) is 1. The molecule has 0 fully saturated rings. The number of carbonyl (C=O) groups is 2. The molecule has 3 rings (SSSR count). The zero-order valence-electron chi connectivity index (χ0n) is 16.1. The predicted molar refractivity (Wildman–Crippen MR) is 111 cm³/mol. The van der Waals surface area contributed by atoms with Gasteiger partial charge in [0.25, 0.3) is 11.6 Å². The van der Waals surface area contributed by atoms with E-state index in [0.29, 0.717) is 11.1 Å². The first-order valence-corrected chi connectivity index (χ1v) is 9.33. The molecule has 0 unspecified atom stereocenters. The highest BCUT2D eigenvalue weighted by Gasteiger charge is 2.20. The number of esters is 1. The van der Waals surface area contributed by atoms with E-state index in [4.69, 9.17) is 4.74 Å². The Kier molecular flexibility index (Phi) is 6.89. The number of hydrogen-bond donors (Lipinski definition) is 1. The van der Waals surface area contributed by atoms with E-state index in [1.165, 1.54) is 24.3 Å². The third kappa shape index (κ3) is 5.75. The van der Waals surface area contributed by atoms with Crippen molar-refractivity contribution in [1.82, 2.24) is 5.32 Å². The van der Waals surface area contributed by atoms with Gasteiger partial charge >= 0.3 is 5.97 Å². The number of nitrogens with zero attached hydrogens (tertiary/aromatic N) is 1. The fourth-order valence-electron chi connectivity index (χ4n) is 2.87. The average molecular weight is 404 g/mol. The van der Waals surface area contributed by atoms with E-state index in [2.05, 4.69) is 5.32 Å². The van der Waals surface area contributed by atoms with E-state index in [1.54, 1.807) is 24.3 Å². The Morgan fingerprint density at radius 2 is 1.50 bits per heavy atom. The average Bonchev–Trinajstić information content (AvgIpc) is 2.78. The fraction of sp³-hybridized carbons (Fsp3) is 0.130. The van der Waals surface area contributed by atoms with Gasteiger partial charge in [-0.1, -0.05) is 48.5 Å². The molecule has 0 saturated heterocycles. The molecular weight excluding hydrogens is 384 g/mol. The number of carbonyl (C=O) groups excluding carboxylic acids is 2. The molecule has 3 aromatic carbocycles. The van der Waals surface area contributed by atoms with Crippen LogP contribution in [0.1, 0.15) is 33.9 Å². The normalized spacial score (nSPS) is 11.3. The van der Waals surface area contributed by atoms with Gasteiger partial charge in [0.15, 0.2) is 0 Å². The van der Waals surface area contributed by atoms with Crippen LogP contribution >= 0.6 is 0 Å². The van der Waals surface area contributed by atoms with Crippen LogP contribution in [0.4, 0.5) is 5.69 Å². The number of rotatable bonds is 8. The molecule has 0 radical (unpaired) electrons. The molecule has 0 spiro atoms. The third-order valence-electron chi connectivity index (χ3n) is 4.46. The largest absolute Gasteiger partial charge is 0.461 e. The molecule has 0 aliphatic rings. The molecule has 1 amide bonds. The fourth-order valence-corrected chi connectivity index (χ4v) is 2.87. The van der Waals surface area contributed by atoms with Crippen LogP contribution in [-0.2, 0) is 16.1 Å². The Balaban J connectivity index is 1.64. The summed E-state index contributed by atoms with van der Waals surface area (Å²) in [5, 5.41) is 13.6. The second kappa shape index (κ2) is 9.97. The highest BCUT2D eigenvalue weighted by Crippen LogP contribution is 2.19. The molecule has 0 aliphatic heterocycles. The molecule has 7 nitrogen and oxygen atoms in total. The number of benzene rings is 3. The molecule has 0 bridgehead atoms. The van der Waals surface area contributed by atoms with E-state index >= 15 is 0 Å². The number of nitro groups is 1. The lowest BCUT2D eigenvalue weighted by Gasteiger charge is -2.19. The van der Waals surface area contributed by atoms with Crippen molar-refractivity contribution in [3.63, 3.8) is 0 Å². The number of hydrogen-bond acceptors (Lipinski definition) is 5. The maximum Gasteiger partial charge on any atom is 0.308 e. The highest BCUT2D eigenvalue weighted by atomic mass is 16.6. The summed E-state index contributed by atoms with van der Waals surface area (Å²) in [6.45, 7) is -0.00896. The molecule has 1 N–H and O–H groups in total. The summed E-state index contributed by atoms with van der Waals surface area (Å²) in [7, 11) is 0. The van der Waals surface area contributed by atoms with Crippen molar-refractivity contribution in [1.29, 1.82) is 0 Å². The summed E-state index contributed by atoms with van der Waals surface area (Å²) in [5.41, 5.74) is 1.89. The van der Waals surface area contributed by atoms with E-state index in [1.807, 2.05) is 36.4 Å². The first-order chi connectivity index (χ1) is 14.5. The maximum absolute atomic E-state index is 12.6. The molecule has 0 saturated carbocycles. The summed E-state index contributed by atoms with van der Waals surface area (Å²) in [6.07, 6.45) is -0.0461.